The van der Waals surface area contributed by atoms with Gasteiger partial charge in [0.15, 0.2) is 0 Å². The summed E-state index contributed by atoms with van der Waals surface area (Å²) in [5.41, 5.74) is 0. The van der Waals surface area contributed by atoms with E-state index in [9.17, 15) is 0 Å². The molecule has 0 aliphatic carbocycles. The summed E-state index contributed by atoms with van der Waals surface area (Å²) < 4.78 is 0. The predicted octanol–water partition coefficient (Wildman–Crippen LogP) is 2.74. The van der Waals surface area contributed by atoms with Crippen LogP contribution in [0.1, 0.15) is 47.0 Å². The second-order valence-electron chi connectivity index (χ2n) is 5.99. The molecule has 0 aromatic rings. The highest BCUT2D eigenvalue weighted by molar-refractivity contribution is 4.72. The lowest BCUT2D eigenvalue weighted by Gasteiger charge is -2.19. The Labute approximate surface area is 102 Å². The molecule has 1 aliphatic heterocycles. The van der Waals surface area contributed by atoms with E-state index in [-0.39, 0.29) is 0 Å². The number of nitrogens with zero attached hydrogens (tertiary/aromatic N) is 1. The molecule has 1 aliphatic rings. The Balaban J connectivity index is 1.99. The number of nitrogens with one attached hydrogen (secondary N) is 1. The van der Waals surface area contributed by atoms with E-state index >= 15 is 0 Å². The zero-order chi connectivity index (χ0) is 12.0. The standard InChI is InChI=1S/C14H30N2/c1-12(2)15-8-5-13(3)6-9-16-10-7-14(4)11-16/h12-15H,5-11H2,1-4H3. The average molecular weight is 226 g/mol. The van der Waals surface area contributed by atoms with Gasteiger partial charge < -0.3 is 10.2 Å². The molecule has 1 saturated heterocycles. The number of rotatable bonds is 7. The van der Waals surface area contributed by atoms with Crippen molar-refractivity contribution in [3.8, 4) is 0 Å². The van der Waals surface area contributed by atoms with Crippen LogP contribution in [-0.2, 0) is 0 Å². The van der Waals surface area contributed by atoms with Crippen molar-refractivity contribution in [1.82, 2.24) is 10.2 Å². The maximum Gasteiger partial charge on any atom is 0.00103 e. The summed E-state index contributed by atoms with van der Waals surface area (Å²) >= 11 is 0. The zero-order valence-corrected chi connectivity index (χ0v) is 11.6. The molecule has 2 atom stereocenters. The average Bonchev–Trinajstić information content (AvgIpc) is 2.61. The number of likely N-dealkylation sites (tertiary alicyclic amines) is 1. The maximum absolute atomic E-state index is 3.50. The first kappa shape index (κ1) is 14.0. The van der Waals surface area contributed by atoms with Crippen molar-refractivity contribution in [2.75, 3.05) is 26.2 Å². The molecule has 1 heterocycles. The van der Waals surface area contributed by atoms with Crippen LogP contribution in [0.3, 0.4) is 0 Å². The largest absolute Gasteiger partial charge is 0.315 e. The van der Waals surface area contributed by atoms with E-state index in [2.05, 4.69) is 37.9 Å². The molecular weight excluding hydrogens is 196 g/mol. The molecule has 1 rings (SSSR count). The fourth-order valence-electron chi connectivity index (χ4n) is 2.40. The van der Waals surface area contributed by atoms with Crippen LogP contribution in [-0.4, -0.2) is 37.1 Å². The van der Waals surface area contributed by atoms with Crippen molar-refractivity contribution in [3.63, 3.8) is 0 Å². The first-order chi connectivity index (χ1) is 7.58. The molecule has 2 heteroatoms. The van der Waals surface area contributed by atoms with E-state index in [1.807, 2.05) is 0 Å². The van der Waals surface area contributed by atoms with E-state index in [4.69, 9.17) is 0 Å². The summed E-state index contributed by atoms with van der Waals surface area (Å²) in [6.07, 6.45) is 4.09. The molecule has 0 bridgehead atoms. The molecular formula is C14H30N2. The highest BCUT2D eigenvalue weighted by Gasteiger charge is 2.18. The second-order valence-corrected chi connectivity index (χ2v) is 5.99. The minimum Gasteiger partial charge on any atom is -0.315 e. The molecule has 2 unspecified atom stereocenters. The summed E-state index contributed by atoms with van der Waals surface area (Å²) in [6, 6.07) is 0.631. The van der Waals surface area contributed by atoms with E-state index < -0.39 is 0 Å². The first-order valence-electron chi connectivity index (χ1n) is 7.03. The third-order valence-electron chi connectivity index (χ3n) is 3.64. The van der Waals surface area contributed by atoms with Gasteiger partial charge in [0, 0.05) is 12.6 Å². The molecule has 2 nitrogen and oxygen atoms in total. The van der Waals surface area contributed by atoms with Gasteiger partial charge in [-0.15, -0.1) is 0 Å². The monoisotopic (exact) mass is 226 g/mol. The van der Waals surface area contributed by atoms with E-state index in [0.717, 1.165) is 11.8 Å². The van der Waals surface area contributed by atoms with Crippen molar-refractivity contribution in [2.24, 2.45) is 11.8 Å². The Morgan fingerprint density at radius 3 is 2.56 bits per heavy atom. The summed E-state index contributed by atoms with van der Waals surface area (Å²) in [5.74, 6) is 1.79. The van der Waals surface area contributed by atoms with Crippen LogP contribution in [0.25, 0.3) is 0 Å². The summed E-state index contributed by atoms with van der Waals surface area (Å²) in [4.78, 5) is 2.64. The van der Waals surface area contributed by atoms with Crippen LogP contribution in [0.15, 0.2) is 0 Å². The molecule has 0 amide bonds. The van der Waals surface area contributed by atoms with Gasteiger partial charge in [0.05, 0.1) is 0 Å². The van der Waals surface area contributed by atoms with Crippen LogP contribution < -0.4 is 5.32 Å². The Bertz CT molecular complexity index is 180. The normalized spacial score (nSPS) is 24.2. The van der Waals surface area contributed by atoms with Gasteiger partial charge in [0.1, 0.15) is 0 Å². The van der Waals surface area contributed by atoms with Gasteiger partial charge in [-0.25, -0.2) is 0 Å². The van der Waals surface area contributed by atoms with Crippen LogP contribution >= 0.6 is 0 Å². The maximum atomic E-state index is 3.50. The van der Waals surface area contributed by atoms with Crippen LogP contribution in [0.4, 0.5) is 0 Å². The van der Waals surface area contributed by atoms with Crippen molar-refractivity contribution in [3.05, 3.63) is 0 Å². The third-order valence-corrected chi connectivity index (χ3v) is 3.64. The smallest absolute Gasteiger partial charge is 0.00103 e. The van der Waals surface area contributed by atoms with Gasteiger partial charge >= 0.3 is 0 Å². The Morgan fingerprint density at radius 2 is 2.00 bits per heavy atom. The van der Waals surface area contributed by atoms with E-state index in [0.29, 0.717) is 6.04 Å². The molecule has 0 aromatic heterocycles. The fraction of sp³-hybridized carbons (Fsp3) is 1.00. The van der Waals surface area contributed by atoms with Gasteiger partial charge in [-0.2, -0.15) is 0 Å². The lowest BCUT2D eigenvalue weighted by molar-refractivity contribution is 0.293. The van der Waals surface area contributed by atoms with E-state index in [1.165, 1.54) is 45.4 Å². The number of hydrogen-bond donors (Lipinski definition) is 1. The minimum atomic E-state index is 0.631. The molecule has 1 N–H and O–H groups in total. The molecule has 16 heavy (non-hydrogen) atoms. The Hall–Kier alpha value is -0.0800. The lowest BCUT2D eigenvalue weighted by Crippen LogP contribution is -2.26. The van der Waals surface area contributed by atoms with Crippen molar-refractivity contribution in [2.45, 2.75) is 53.0 Å². The second kappa shape index (κ2) is 7.29. The lowest BCUT2D eigenvalue weighted by atomic mass is 10.0. The van der Waals surface area contributed by atoms with Gasteiger partial charge in [-0.3, -0.25) is 0 Å². The Morgan fingerprint density at radius 1 is 1.25 bits per heavy atom. The van der Waals surface area contributed by atoms with Crippen LogP contribution in [0, 0.1) is 11.8 Å². The van der Waals surface area contributed by atoms with Crippen LogP contribution in [0.5, 0.6) is 0 Å². The summed E-state index contributed by atoms with van der Waals surface area (Å²) in [6.45, 7) is 14.3. The summed E-state index contributed by atoms with van der Waals surface area (Å²) in [7, 11) is 0. The number of hydrogen-bond acceptors (Lipinski definition) is 2. The summed E-state index contributed by atoms with van der Waals surface area (Å²) in [5, 5.41) is 3.50. The molecule has 1 fully saturated rings. The highest BCUT2D eigenvalue weighted by atomic mass is 15.1. The zero-order valence-electron chi connectivity index (χ0n) is 11.6. The van der Waals surface area contributed by atoms with Gasteiger partial charge in [0.2, 0.25) is 0 Å². The fourth-order valence-corrected chi connectivity index (χ4v) is 2.40. The van der Waals surface area contributed by atoms with Crippen molar-refractivity contribution < 1.29 is 0 Å². The molecule has 96 valence electrons. The first-order valence-corrected chi connectivity index (χ1v) is 7.03. The van der Waals surface area contributed by atoms with Crippen LogP contribution in [0.2, 0.25) is 0 Å². The topological polar surface area (TPSA) is 15.3 Å². The molecule has 0 saturated carbocycles. The van der Waals surface area contributed by atoms with Gasteiger partial charge in [-0.1, -0.05) is 27.7 Å². The minimum absolute atomic E-state index is 0.631. The Kier molecular flexibility index (Phi) is 6.37. The van der Waals surface area contributed by atoms with E-state index in [1.54, 1.807) is 0 Å². The third kappa shape index (κ3) is 5.86. The quantitative estimate of drug-likeness (QED) is 0.718. The van der Waals surface area contributed by atoms with Gasteiger partial charge in [0.25, 0.3) is 0 Å². The van der Waals surface area contributed by atoms with Crippen molar-refractivity contribution >= 4 is 0 Å². The molecule has 0 aromatic carbocycles. The van der Waals surface area contributed by atoms with Gasteiger partial charge in [-0.05, 0) is 50.7 Å². The van der Waals surface area contributed by atoms with Crippen molar-refractivity contribution in [1.29, 1.82) is 0 Å². The molecule has 0 spiro atoms. The predicted molar refractivity (Wildman–Crippen MR) is 71.8 cm³/mol. The SMILES string of the molecule is CC(CCNC(C)C)CCN1CCC(C)C1. The molecule has 0 radical (unpaired) electrons. The highest BCUT2D eigenvalue weighted by Crippen LogP contribution is 2.17.